The van der Waals surface area contributed by atoms with Crippen LogP contribution in [-0.2, 0) is 0 Å². The van der Waals surface area contributed by atoms with Crippen LogP contribution in [0.15, 0.2) is 48.0 Å². The first kappa shape index (κ1) is 16.2. The van der Waals surface area contributed by atoms with Crippen molar-refractivity contribution in [1.29, 1.82) is 0 Å². The third-order valence-corrected chi connectivity index (χ3v) is 5.93. The number of hydrogen-bond donors (Lipinski definition) is 1. The van der Waals surface area contributed by atoms with Crippen LogP contribution in [0.1, 0.15) is 33.3 Å². The van der Waals surface area contributed by atoms with Gasteiger partial charge in [-0.15, -0.1) is 11.3 Å². The zero-order valence-electron chi connectivity index (χ0n) is 14.1. The van der Waals surface area contributed by atoms with Gasteiger partial charge in [-0.3, -0.25) is 4.79 Å². The van der Waals surface area contributed by atoms with Crippen molar-refractivity contribution in [2.75, 3.05) is 13.1 Å². The van der Waals surface area contributed by atoms with Gasteiger partial charge in [-0.1, -0.05) is 42.5 Å². The maximum atomic E-state index is 12.6. The number of thiazole rings is 1. The highest BCUT2D eigenvalue weighted by Crippen LogP contribution is 2.31. The molecule has 5 heteroatoms. The summed E-state index contributed by atoms with van der Waals surface area (Å²) in [5.74, 6) is 0.0484. The first-order valence-electron chi connectivity index (χ1n) is 8.49. The molecule has 1 aromatic heterocycles. The van der Waals surface area contributed by atoms with Crippen molar-refractivity contribution in [1.82, 2.24) is 9.88 Å². The number of benzene rings is 2. The summed E-state index contributed by atoms with van der Waals surface area (Å²) in [7, 11) is 0. The second-order valence-electron chi connectivity index (χ2n) is 6.59. The van der Waals surface area contributed by atoms with Gasteiger partial charge in [0, 0.05) is 19.0 Å². The highest BCUT2D eigenvalue weighted by atomic mass is 32.1. The van der Waals surface area contributed by atoms with Gasteiger partial charge >= 0.3 is 0 Å². The van der Waals surface area contributed by atoms with Crippen molar-refractivity contribution in [3.8, 4) is 0 Å². The van der Waals surface area contributed by atoms with Crippen molar-refractivity contribution >= 4 is 28.0 Å². The number of piperidine rings is 1. The molecule has 0 unspecified atom stereocenters. The van der Waals surface area contributed by atoms with E-state index < -0.39 is 6.10 Å². The molecule has 3 aromatic rings. The summed E-state index contributed by atoms with van der Waals surface area (Å²) in [5, 5.41) is 13.1. The maximum absolute atomic E-state index is 12.6. The number of aryl methyl sites for hydroxylation is 1. The van der Waals surface area contributed by atoms with E-state index in [0.29, 0.717) is 18.0 Å². The predicted molar refractivity (Wildman–Crippen MR) is 100 cm³/mol. The Bertz CT molecular complexity index is 921. The Hall–Kier alpha value is -2.24. The number of rotatable bonds is 2. The average Bonchev–Trinajstić information content (AvgIpc) is 3.06. The highest BCUT2D eigenvalue weighted by Gasteiger charge is 2.32. The van der Waals surface area contributed by atoms with E-state index in [9.17, 15) is 9.90 Å². The van der Waals surface area contributed by atoms with E-state index in [1.807, 2.05) is 19.1 Å². The topological polar surface area (TPSA) is 53.4 Å². The molecule has 2 atom stereocenters. The number of fused-ring (bicyclic) bond motifs is 1. The second-order valence-corrected chi connectivity index (χ2v) is 7.44. The van der Waals surface area contributed by atoms with Gasteiger partial charge in [0.05, 0.1) is 17.3 Å². The fraction of sp³-hybridized carbons (Fsp3) is 0.300. The number of aliphatic hydroxyl groups excluding tert-OH is 1. The maximum Gasteiger partial charge on any atom is 0.265 e. The Kier molecular flexibility index (Phi) is 4.27. The number of β-amino-alcohol motifs (C(OH)–C–C–N with tert-alkyl or cyclic N) is 1. The highest BCUT2D eigenvalue weighted by molar-refractivity contribution is 7.11. The van der Waals surface area contributed by atoms with Crippen LogP contribution >= 0.6 is 11.3 Å². The minimum absolute atomic E-state index is 0.0176. The number of nitrogens with zero attached hydrogens (tertiary/aromatic N) is 2. The molecule has 2 aromatic carbocycles. The van der Waals surface area contributed by atoms with E-state index in [4.69, 9.17) is 0 Å². The number of aliphatic hydroxyl groups is 1. The van der Waals surface area contributed by atoms with Gasteiger partial charge in [0.15, 0.2) is 0 Å². The molecule has 4 rings (SSSR count). The van der Waals surface area contributed by atoms with Gasteiger partial charge in [-0.25, -0.2) is 4.98 Å². The van der Waals surface area contributed by atoms with Crippen LogP contribution in [0.2, 0.25) is 0 Å². The summed E-state index contributed by atoms with van der Waals surface area (Å²) in [6.45, 7) is 2.88. The number of carbonyl (C=O) groups excluding carboxylic acids is 1. The minimum Gasteiger partial charge on any atom is -0.391 e. The average molecular weight is 352 g/mol. The van der Waals surface area contributed by atoms with Crippen LogP contribution in [0, 0.1) is 6.92 Å². The lowest BCUT2D eigenvalue weighted by atomic mass is 9.86. The summed E-state index contributed by atoms with van der Waals surface area (Å²) in [5.41, 5.74) is 3.61. The first-order valence-corrected chi connectivity index (χ1v) is 9.37. The molecule has 0 radical (unpaired) electrons. The molecule has 0 aliphatic carbocycles. The third-order valence-electron chi connectivity index (χ3n) is 5.01. The minimum atomic E-state index is -0.549. The second kappa shape index (κ2) is 6.58. The smallest absolute Gasteiger partial charge is 0.265 e. The number of likely N-dealkylation sites (tertiary alicyclic amines) is 1. The molecule has 1 aliphatic rings. The van der Waals surface area contributed by atoms with Gasteiger partial charge in [0.25, 0.3) is 5.91 Å². The SMILES string of the molecule is Cc1ncsc1C(=O)N1CC[C@@H](c2ccc3ccccc3c2)[C@H](O)C1. The lowest BCUT2D eigenvalue weighted by molar-refractivity contribution is 0.0385. The van der Waals surface area contributed by atoms with Crippen LogP contribution in [0.5, 0.6) is 0 Å². The Morgan fingerprint density at radius 2 is 2.04 bits per heavy atom. The summed E-state index contributed by atoms with van der Waals surface area (Å²) in [6.07, 6.45) is 0.218. The standard InChI is InChI=1S/C20H20N2O2S/c1-13-19(25-12-21-13)20(24)22-9-8-17(18(23)11-22)16-7-6-14-4-2-3-5-15(14)10-16/h2-7,10,12,17-18,23H,8-9,11H2,1H3/t17-,18+/m0/s1. The van der Waals surface area contributed by atoms with E-state index in [2.05, 4.69) is 35.3 Å². The zero-order valence-corrected chi connectivity index (χ0v) is 14.9. The molecule has 2 heterocycles. The molecule has 4 nitrogen and oxygen atoms in total. The van der Waals surface area contributed by atoms with Crippen LogP contribution < -0.4 is 0 Å². The van der Waals surface area contributed by atoms with Gasteiger partial charge in [0.2, 0.25) is 0 Å². The molecular weight excluding hydrogens is 332 g/mol. The van der Waals surface area contributed by atoms with E-state index in [1.165, 1.54) is 22.1 Å². The molecule has 1 fully saturated rings. The van der Waals surface area contributed by atoms with E-state index in [1.54, 1.807) is 10.4 Å². The largest absolute Gasteiger partial charge is 0.391 e. The molecule has 1 saturated heterocycles. The number of carbonyl (C=O) groups is 1. The quantitative estimate of drug-likeness (QED) is 0.767. The summed E-state index contributed by atoms with van der Waals surface area (Å²) >= 11 is 1.37. The van der Waals surface area contributed by atoms with Crippen molar-refractivity contribution < 1.29 is 9.90 Å². The summed E-state index contributed by atoms with van der Waals surface area (Å²) < 4.78 is 0. The van der Waals surface area contributed by atoms with Gasteiger partial charge in [-0.05, 0) is 29.7 Å². The molecule has 1 amide bonds. The zero-order chi connectivity index (χ0) is 17.4. The molecule has 0 spiro atoms. The molecule has 0 bridgehead atoms. The normalized spacial score (nSPS) is 20.8. The van der Waals surface area contributed by atoms with Crippen LogP contribution in [0.4, 0.5) is 0 Å². The van der Waals surface area contributed by atoms with E-state index >= 15 is 0 Å². The predicted octanol–water partition coefficient (Wildman–Crippen LogP) is 3.60. The van der Waals surface area contributed by atoms with Crippen LogP contribution in [0.25, 0.3) is 10.8 Å². The number of amides is 1. The fourth-order valence-electron chi connectivity index (χ4n) is 3.59. The van der Waals surface area contributed by atoms with Gasteiger partial charge < -0.3 is 10.0 Å². The lowest BCUT2D eigenvalue weighted by Gasteiger charge is -2.36. The molecule has 1 aliphatic heterocycles. The van der Waals surface area contributed by atoms with Crippen molar-refractivity contribution in [2.24, 2.45) is 0 Å². The third kappa shape index (κ3) is 3.05. The number of aromatic nitrogens is 1. The van der Waals surface area contributed by atoms with Gasteiger partial charge in [-0.2, -0.15) is 0 Å². The molecule has 128 valence electrons. The Morgan fingerprint density at radius 1 is 1.24 bits per heavy atom. The van der Waals surface area contributed by atoms with Gasteiger partial charge in [0.1, 0.15) is 4.88 Å². The van der Waals surface area contributed by atoms with E-state index in [-0.39, 0.29) is 11.8 Å². The summed E-state index contributed by atoms with van der Waals surface area (Å²) in [6, 6.07) is 14.6. The van der Waals surface area contributed by atoms with Crippen molar-refractivity contribution in [3.05, 3.63) is 64.1 Å². The Labute approximate surface area is 150 Å². The van der Waals surface area contributed by atoms with Crippen LogP contribution in [0.3, 0.4) is 0 Å². The number of hydrogen-bond acceptors (Lipinski definition) is 4. The molecular formula is C20H20N2O2S. The molecule has 0 saturated carbocycles. The fourth-order valence-corrected chi connectivity index (χ4v) is 4.36. The van der Waals surface area contributed by atoms with Crippen molar-refractivity contribution in [3.63, 3.8) is 0 Å². The molecule has 1 N–H and O–H groups in total. The van der Waals surface area contributed by atoms with E-state index in [0.717, 1.165) is 17.7 Å². The molecule has 25 heavy (non-hydrogen) atoms. The van der Waals surface area contributed by atoms with Crippen molar-refractivity contribution in [2.45, 2.75) is 25.4 Å². The lowest BCUT2D eigenvalue weighted by Crippen LogP contribution is -2.45. The Balaban J connectivity index is 1.53. The van der Waals surface area contributed by atoms with Crippen LogP contribution in [-0.4, -0.2) is 40.1 Å². The first-order chi connectivity index (χ1) is 12.1. The Morgan fingerprint density at radius 3 is 2.76 bits per heavy atom. The summed E-state index contributed by atoms with van der Waals surface area (Å²) in [4.78, 5) is 19.2. The monoisotopic (exact) mass is 352 g/mol.